The molecule has 1 atom stereocenters. The molecule has 0 spiro atoms. The molecule has 0 aliphatic heterocycles. The van der Waals surface area contributed by atoms with Crippen LogP contribution in [0.25, 0.3) is 0 Å². The molecule has 39 heavy (non-hydrogen) atoms. The normalized spacial score (nSPS) is 14.3. The van der Waals surface area contributed by atoms with Gasteiger partial charge in [0.1, 0.15) is 23.1 Å². The number of hydrogen-bond donors (Lipinski definition) is 3. The number of rotatable bonds is 13. The summed E-state index contributed by atoms with van der Waals surface area (Å²) in [5.74, 6) is 0.180. The van der Waals surface area contributed by atoms with Crippen molar-refractivity contribution in [1.82, 2.24) is 21.1 Å². The highest BCUT2D eigenvalue weighted by molar-refractivity contribution is 5.89. The molecule has 1 unspecified atom stereocenters. The van der Waals surface area contributed by atoms with Crippen molar-refractivity contribution in [3.8, 4) is 0 Å². The summed E-state index contributed by atoms with van der Waals surface area (Å²) < 4.78 is 15.9. The van der Waals surface area contributed by atoms with Gasteiger partial charge in [0.2, 0.25) is 5.91 Å². The van der Waals surface area contributed by atoms with E-state index in [2.05, 4.69) is 33.2 Å². The lowest BCUT2D eigenvalue weighted by Gasteiger charge is -2.29. The maximum Gasteiger partial charge on any atom is 0.408 e. The number of ether oxygens (including phenoxy) is 2. The predicted molar refractivity (Wildman–Crippen MR) is 146 cm³/mol. The number of aryl methyl sites for hydroxylation is 1. The third-order valence-electron chi connectivity index (χ3n) is 6.33. The second kappa shape index (κ2) is 13.5. The Hall–Kier alpha value is -3.56. The Bertz CT molecular complexity index is 1090. The zero-order chi connectivity index (χ0) is 28.5. The molecule has 3 amide bonds. The Morgan fingerprint density at radius 2 is 1.77 bits per heavy atom. The van der Waals surface area contributed by atoms with Crippen molar-refractivity contribution in [3.05, 3.63) is 53.4 Å². The average Bonchev–Trinajstić information content (AvgIpc) is 3.57. The molecule has 1 fully saturated rings. The van der Waals surface area contributed by atoms with Gasteiger partial charge in [0.05, 0.1) is 12.6 Å². The van der Waals surface area contributed by atoms with Crippen LogP contribution in [-0.2, 0) is 27.1 Å². The standard InChI is InChI=1S/C29H42N4O6/c1-28(2,3)39-27(36)32-29(4,5)25(34)31-23(13-9-12-20-10-7-6-8-11-20)24-22(19-38-33-24)16-17-37-26(35)30-18-21-14-15-21/h6-8,10-11,19,21,23H,9,12-18H2,1-5H3,(H,30,35)(H,31,34)(H,32,36). The summed E-state index contributed by atoms with van der Waals surface area (Å²) >= 11 is 0. The maximum atomic E-state index is 13.3. The molecule has 10 heteroatoms. The van der Waals surface area contributed by atoms with Crippen molar-refractivity contribution in [2.75, 3.05) is 13.2 Å². The quantitative estimate of drug-likeness (QED) is 0.330. The fraction of sp³-hybridized carbons (Fsp3) is 0.586. The highest BCUT2D eigenvalue weighted by atomic mass is 16.6. The largest absolute Gasteiger partial charge is 0.449 e. The van der Waals surface area contributed by atoms with E-state index in [1.54, 1.807) is 34.6 Å². The van der Waals surface area contributed by atoms with Crippen molar-refractivity contribution < 1.29 is 28.4 Å². The van der Waals surface area contributed by atoms with Crippen LogP contribution in [0.2, 0.25) is 0 Å². The number of nitrogens with zero attached hydrogens (tertiary/aromatic N) is 1. The first-order valence-electron chi connectivity index (χ1n) is 13.6. The number of carbonyl (C=O) groups excluding carboxylic acids is 3. The van der Waals surface area contributed by atoms with Crippen LogP contribution < -0.4 is 16.0 Å². The first-order valence-corrected chi connectivity index (χ1v) is 13.6. The van der Waals surface area contributed by atoms with Gasteiger partial charge in [-0.2, -0.15) is 0 Å². The first-order chi connectivity index (χ1) is 18.4. The number of hydrogen-bond acceptors (Lipinski definition) is 7. The van der Waals surface area contributed by atoms with Gasteiger partial charge in [0.25, 0.3) is 0 Å². The molecule has 0 bridgehead atoms. The van der Waals surface area contributed by atoms with Gasteiger partial charge in [-0.05, 0) is 78.2 Å². The number of carbonyl (C=O) groups is 3. The molecule has 1 aromatic carbocycles. The van der Waals surface area contributed by atoms with Gasteiger partial charge in [-0.3, -0.25) is 4.79 Å². The zero-order valence-electron chi connectivity index (χ0n) is 23.7. The molecular weight excluding hydrogens is 500 g/mol. The molecule has 0 radical (unpaired) electrons. The third kappa shape index (κ3) is 10.6. The summed E-state index contributed by atoms with van der Waals surface area (Å²) in [6.07, 6.45) is 5.26. The molecule has 1 heterocycles. The topological polar surface area (TPSA) is 132 Å². The van der Waals surface area contributed by atoms with Gasteiger partial charge >= 0.3 is 12.2 Å². The average molecular weight is 543 g/mol. The number of alkyl carbamates (subject to hydrolysis) is 2. The van der Waals surface area contributed by atoms with Gasteiger partial charge in [-0.15, -0.1) is 0 Å². The molecule has 1 aliphatic carbocycles. The van der Waals surface area contributed by atoms with Gasteiger partial charge in [-0.25, -0.2) is 9.59 Å². The van der Waals surface area contributed by atoms with Gasteiger partial charge in [-0.1, -0.05) is 35.5 Å². The van der Waals surface area contributed by atoms with Crippen LogP contribution in [0.4, 0.5) is 9.59 Å². The molecule has 10 nitrogen and oxygen atoms in total. The lowest BCUT2D eigenvalue weighted by Crippen LogP contribution is -2.56. The van der Waals surface area contributed by atoms with Crippen LogP contribution in [0.3, 0.4) is 0 Å². The number of benzene rings is 1. The second-order valence-corrected chi connectivity index (χ2v) is 11.6. The van der Waals surface area contributed by atoms with E-state index < -0.39 is 29.4 Å². The molecule has 3 N–H and O–H groups in total. The minimum Gasteiger partial charge on any atom is -0.449 e. The van der Waals surface area contributed by atoms with E-state index in [4.69, 9.17) is 14.0 Å². The molecular formula is C29H42N4O6. The number of nitrogens with one attached hydrogen (secondary N) is 3. The van der Waals surface area contributed by atoms with E-state index in [1.807, 2.05) is 18.2 Å². The Kier molecular flexibility index (Phi) is 10.4. The third-order valence-corrected chi connectivity index (χ3v) is 6.33. The minimum absolute atomic E-state index is 0.154. The van der Waals surface area contributed by atoms with Gasteiger partial charge in [0, 0.05) is 18.5 Å². The summed E-state index contributed by atoms with van der Waals surface area (Å²) in [5, 5.41) is 12.7. The van der Waals surface area contributed by atoms with Crippen LogP contribution in [0.5, 0.6) is 0 Å². The molecule has 2 aromatic rings. The fourth-order valence-electron chi connectivity index (χ4n) is 3.98. The molecule has 1 aliphatic rings. The van der Waals surface area contributed by atoms with Gasteiger partial charge < -0.3 is 29.9 Å². The smallest absolute Gasteiger partial charge is 0.408 e. The van der Waals surface area contributed by atoms with Crippen LogP contribution in [0.15, 0.2) is 41.1 Å². The van der Waals surface area contributed by atoms with E-state index >= 15 is 0 Å². The summed E-state index contributed by atoms with van der Waals surface area (Å²) in [7, 11) is 0. The number of amides is 3. The first kappa shape index (κ1) is 30.0. The van der Waals surface area contributed by atoms with E-state index in [9.17, 15) is 14.4 Å². The van der Waals surface area contributed by atoms with E-state index in [0.29, 0.717) is 31.0 Å². The second-order valence-electron chi connectivity index (χ2n) is 11.6. The molecule has 1 saturated carbocycles. The van der Waals surface area contributed by atoms with E-state index in [1.165, 1.54) is 11.8 Å². The van der Waals surface area contributed by atoms with Gasteiger partial charge in [0.15, 0.2) is 0 Å². The summed E-state index contributed by atoms with van der Waals surface area (Å²) in [4.78, 5) is 37.6. The Morgan fingerprint density at radius 1 is 1.05 bits per heavy atom. The SMILES string of the molecule is CC(C)(C)OC(=O)NC(C)(C)C(=O)NC(CCCc1ccccc1)c1nocc1CCOC(=O)NCC1CC1. The van der Waals surface area contributed by atoms with Crippen molar-refractivity contribution in [2.24, 2.45) is 5.92 Å². The monoisotopic (exact) mass is 542 g/mol. The van der Waals surface area contributed by atoms with Crippen LogP contribution in [0, 0.1) is 5.92 Å². The summed E-state index contributed by atoms with van der Waals surface area (Å²) in [5.41, 5.74) is 0.579. The van der Waals surface area contributed by atoms with Crippen LogP contribution in [-0.4, -0.2) is 47.5 Å². The fourth-order valence-corrected chi connectivity index (χ4v) is 3.98. The lowest BCUT2D eigenvalue weighted by atomic mass is 9.97. The highest BCUT2D eigenvalue weighted by Gasteiger charge is 2.34. The lowest BCUT2D eigenvalue weighted by molar-refractivity contribution is -0.127. The molecule has 214 valence electrons. The maximum absolute atomic E-state index is 13.3. The number of aromatic nitrogens is 1. The molecule has 1 aromatic heterocycles. The Morgan fingerprint density at radius 3 is 2.44 bits per heavy atom. The van der Waals surface area contributed by atoms with Crippen LogP contribution >= 0.6 is 0 Å². The Balaban J connectivity index is 1.64. The zero-order valence-corrected chi connectivity index (χ0v) is 23.7. The minimum atomic E-state index is -1.24. The van der Waals surface area contributed by atoms with Crippen molar-refractivity contribution in [3.63, 3.8) is 0 Å². The summed E-state index contributed by atoms with van der Waals surface area (Å²) in [6, 6.07) is 9.62. The van der Waals surface area contributed by atoms with Crippen molar-refractivity contribution in [2.45, 2.75) is 90.3 Å². The van der Waals surface area contributed by atoms with E-state index in [-0.39, 0.29) is 12.5 Å². The molecule has 0 saturated heterocycles. The van der Waals surface area contributed by atoms with Crippen molar-refractivity contribution in [1.29, 1.82) is 0 Å². The highest BCUT2D eigenvalue weighted by Crippen LogP contribution is 2.27. The summed E-state index contributed by atoms with van der Waals surface area (Å²) in [6.45, 7) is 9.30. The Labute approximate surface area is 230 Å². The predicted octanol–water partition coefficient (Wildman–Crippen LogP) is 4.84. The van der Waals surface area contributed by atoms with Crippen molar-refractivity contribution >= 4 is 18.1 Å². The van der Waals surface area contributed by atoms with Crippen LogP contribution in [0.1, 0.15) is 83.2 Å². The molecule has 3 rings (SSSR count). The van der Waals surface area contributed by atoms with E-state index in [0.717, 1.165) is 31.2 Å².